The molecule has 0 radical (unpaired) electrons. The fourth-order valence-corrected chi connectivity index (χ4v) is 1.42. The van der Waals surface area contributed by atoms with Gasteiger partial charge in [-0.25, -0.2) is 9.65 Å². The molecule has 0 saturated carbocycles. The second-order valence-electron chi connectivity index (χ2n) is 2.05. The van der Waals surface area contributed by atoms with Crippen molar-refractivity contribution < 1.29 is 23.5 Å². The second-order valence-corrected chi connectivity index (χ2v) is 4.04. The number of carboxylic acid groups (broad SMARTS) is 1. The summed E-state index contributed by atoms with van der Waals surface area (Å²) in [6.45, 7) is 1.34. The van der Waals surface area contributed by atoms with Crippen LogP contribution in [0.15, 0.2) is 0 Å². The Bertz CT molecular complexity index is 198. The summed E-state index contributed by atoms with van der Waals surface area (Å²) in [5.74, 6) is -1.12. The molecule has 0 heterocycles. The second kappa shape index (κ2) is 4.57. The Kier molecular flexibility index (Phi) is 4.41. The summed E-state index contributed by atoms with van der Waals surface area (Å²) >= 11 is 0. The third-order valence-electron chi connectivity index (χ3n) is 1.20. The van der Waals surface area contributed by atoms with Crippen molar-refractivity contribution in [2.75, 3.05) is 14.2 Å². The minimum atomic E-state index is -3.42. The number of aliphatic carboxylic acids is 1. The molecule has 1 atom stereocenters. The number of carboxylic acids is 1. The van der Waals surface area contributed by atoms with Crippen molar-refractivity contribution in [2.24, 2.45) is 0 Å². The van der Waals surface area contributed by atoms with Crippen LogP contribution >= 0.6 is 7.75 Å². The van der Waals surface area contributed by atoms with Crippen LogP contribution in [0, 0.1) is 0 Å². The Morgan fingerprint density at radius 2 is 1.92 bits per heavy atom. The zero-order chi connectivity index (χ0) is 9.78. The summed E-state index contributed by atoms with van der Waals surface area (Å²) in [6, 6.07) is -0.976. The van der Waals surface area contributed by atoms with Crippen molar-refractivity contribution in [1.82, 2.24) is 5.09 Å². The Balaban J connectivity index is 4.22. The van der Waals surface area contributed by atoms with E-state index >= 15 is 0 Å². The third-order valence-corrected chi connectivity index (χ3v) is 2.87. The van der Waals surface area contributed by atoms with Crippen LogP contribution in [0.1, 0.15) is 6.92 Å². The number of nitrogens with one attached hydrogen (secondary N) is 1. The monoisotopic (exact) mass is 197 g/mol. The fourth-order valence-electron chi connectivity index (χ4n) is 0.472. The van der Waals surface area contributed by atoms with E-state index in [-0.39, 0.29) is 0 Å². The van der Waals surface area contributed by atoms with Gasteiger partial charge < -0.3 is 14.2 Å². The molecule has 0 aliphatic heterocycles. The van der Waals surface area contributed by atoms with Crippen molar-refractivity contribution >= 4 is 13.7 Å². The van der Waals surface area contributed by atoms with Crippen LogP contribution in [0.25, 0.3) is 0 Å². The maximum absolute atomic E-state index is 11.2. The molecule has 0 unspecified atom stereocenters. The molecule has 0 amide bonds. The Morgan fingerprint density at radius 3 is 2.17 bits per heavy atom. The molecule has 0 fully saturated rings. The van der Waals surface area contributed by atoms with E-state index in [9.17, 15) is 9.36 Å². The Labute approximate surface area is 70.5 Å². The lowest BCUT2D eigenvalue weighted by atomic mass is 10.4. The maximum Gasteiger partial charge on any atom is 0.405 e. The molecule has 72 valence electrons. The summed E-state index contributed by atoms with van der Waals surface area (Å²) in [7, 11) is -1.08. The molecule has 0 aromatic rings. The summed E-state index contributed by atoms with van der Waals surface area (Å²) in [6.07, 6.45) is 0. The lowest BCUT2D eigenvalue weighted by Gasteiger charge is -2.16. The van der Waals surface area contributed by atoms with Crippen molar-refractivity contribution in [2.45, 2.75) is 13.0 Å². The zero-order valence-corrected chi connectivity index (χ0v) is 8.00. The molecule has 0 rings (SSSR count). The number of rotatable bonds is 5. The highest BCUT2D eigenvalue weighted by Crippen LogP contribution is 2.41. The number of hydrogen-bond donors (Lipinski definition) is 2. The van der Waals surface area contributed by atoms with Gasteiger partial charge in [-0.15, -0.1) is 0 Å². The van der Waals surface area contributed by atoms with E-state index in [2.05, 4.69) is 14.1 Å². The first-order valence-corrected chi connectivity index (χ1v) is 4.71. The molecule has 0 aromatic carbocycles. The van der Waals surface area contributed by atoms with Crippen molar-refractivity contribution in [1.29, 1.82) is 0 Å². The standard InChI is InChI=1S/C5H12NO5P/c1-4(5(7)8)6-12(9,10-2)11-3/h4H,1-3H3,(H,6,9)(H,7,8)/t4-/m0/s1. The number of carbonyl (C=O) groups is 1. The molecule has 0 aliphatic carbocycles. The summed E-state index contributed by atoms with van der Waals surface area (Å²) < 4.78 is 20.2. The van der Waals surface area contributed by atoms with Gasteiger partial charge in [0, 0.05) is 14.2 Å². The van der Waals surface area contributed by atoms with Crippen LogP contribution < -0.4 is 5.09 Å². The van der Waals surface area contributed by atoms with Gasteiger partial charge in [0.2, 0.25) is 0 Å². The van der Waals surface area contributed by atoms with Gasteiger partial charge in [0.15, 0.2) is 0 Å². The van der Waals surface area contributed by atoms with Crippen LogP contribution in [-0.2, 0) is 18.4 Å². The molecule has 0 spiro atoms. The molecule has 6 nitrogen and oxygen atoms in total. The summed E-state index contributed by atoms with van der Waals surface area (Å²) in [5.41, 5.74) is 0. The van der Waals surface area contributed by atoms with E-state index in [4.69, 9.17) is 5.11 Å². The molecular weight excluding hydrogens is 185 g/mol. The average molecular weight is 197 g/mol. The SMILES string of the molecule is COP(=O)(N[C@@H](C)C(=O)O)OC. The fraction of sp³-hybridized carbons (Fsp3) is 0.800. The lowest BCUT2D eigenvalue weighted by molar-refractivity contribution is -0.138. The molecule has 2 N–H and O–H groups in total. The number of hydrogen-bond acceptors (Lipinski definition) is 4. The minimum Gasteiger partial charge on any atom is -0.480 e. The van der Waals surface area contributed by atoms with Crippen molar-refractivity contribution in [3.05, 3.63) is 0 Å². The van der Waals surface area contributed by atoms with Gasteiger partial charge in [-0.3, -0.25) is 4.79 Å². The first kappa shape index (κ1) is 11.6. The summed E-state index contributed by atoms with van der Waals surface area (Å²) in [5, 5.41) is 10.6. The predicted octanol–water partition coefficient (Wildman–Crippen LogP) is 0.450. The van der Waals surface area contributed by atoms with E-state index in [1.54, 1.807) is 0 Å². The predicted molar refractivity (Wildman–Crippen MR) is 41.9 cm³/mol. The van der Waals surface area contributed by atoms with E-state index in [1.807, 2.05) is 0 Å². The first-order valence-electron chi connectivity index (χ1n) is 3.17. The Hall–Kier alpha value is -0.420. The van der Waals surface area contributed by atoms with Gasteiger partial charge in [0.1, 0.15) is 6.04 Å². The smallest absolute Gasteiger partial charge is 0.405 e. The highest BCUT2D eigenvalue weighted by molar-refractivity contribution is 7.51. The summed E-state index contributed by atoms with van der Waals surface area (Å²) in [4.78, 5) is 10.3. The molecule has 12 heavy (non-hydrogen) atoms. The van der Waals surface area contributed by atoms with Gasteiger partial charge in [0.05, 0.1) is 0 Å². The van der Waals surface area contributed by atoms with Crippen LogP contribution in [0.3, 0.4) is 0 Å². The molecule has 0 saturated heterocycles. The molecule has 0 aliphatic rings. The van der Waals surface area contributed by atoms with Gasteiger partial charge in [0.25, 0.3) is 0 Å². The van der Waals surface area contributed by atoms with Crippen molar-refractivity contribution in [3.63, 3.8) is 0 Å². The highest BCUT2D eigenvalue weighted by atomic mass is 31.2. The Morgan fingerprint density at radius 1 is 1.50 bits per heavy atom. The van der Waals surface area contributed by atoms with E-state index in [1.165, 1.54) is 21.1 Å². The average Bonchev–Trinajstić information content (AvgIpc) is 2.04. The van der Waals surface area contributed by atoms with Crippen LogP contribution in [0.5, 0.6) is 0 Å². The van der Waals surface area contributed by atoms with Gasteiger partial charge >= 0.3 is 13.7 Å². The molecule has 0 aromatic heterocycles. The third kappa shape index (κ3) is 3.32. The zero-order valence-electron chi connectivity index (χ0n) is 7.10. The first-order chi connectivity index (χ1) is 5.45. The van der Waals surface area contributed by atoms with E-state index < -0.39 is 19.8 Å². The van der Waals surface area contributed by atoms with E-state index in [0.717, 1.165) is 0 Å². The molecular formula is C5H12NO5P. The van der Waals surface area contributed by atoms with Crippen molar-refractivity contribution in [3.8, 4) is 0 Å². The normalized spacial score (nSPS) is 14.2. The largest absolute Gasteiger partial charge is 0.480 e. The molecule has 7 heteroatoms. The van der Waals surface area contributed by atoms with Gasteiger partial charge in [-0.2, -0.15) is 0 Å². The lowest BCUT2D eigenvalue weighted by Crippen LogP contribution is -2.32. The van der Waals surface area contributed by atoms with E-state index in [0.29, 0.717) is 0 Å². The van der Waals surface area contributed by atoms with Crippen LogP contribution in [0.4, 0.5) is 0 Å². The quantitative estimate of drug-likeness (QED) is 0.622. The maximum atomic E-state index is 11.2. The molecule has 0 bridgehead atoms. The highest BCUT2D eigenvalue weighted by Gasteiger charge is 2.26. The van der Waals surface area contributed by atoms with Gasteiger partial charge in [-0.05, 0) is 6.92 Å². The van der Waals surface area contributed by atoms with Crippen LogP contribution in [-0.4, -0.2) is 31.3 Å². The topological polar surface area (TPSA) is 84.9 Å². The van der Waals surface area contributed by atoms with Crippen LogP contribution in [0.2, 0.25) is 0 Å². The minimum absolute atomic E-state index is 0.976. The van der Waals surface area contributed by atoms with Gasteiger partial charge in [-0.1, -0.05) is 0 Å².